The Morgan fingerprint density at radius 2 is 2.16 bits per heavy atom. The molecule has 0 radical (unpaired) electrons. The topological polar surface area (TPSA) is 77.2 Å². The molecule has 0 bridgehead atoms. The van der Waals surface area contributed by atoms with Crippen molar-refractivity contribution in [2.24, 2.45) is 11.3 Å². The highest BCUT2D eigenvalue weighted by atomic mass is 16.5. The first-order valence-electron chi connectivity index (χ1n) is 6.33. The molecule has 0 spiro atoms. The molecule has 1 aromatic heterocycles. The quantitative estimate of drug-likeness (QED) is 0.818. The smallest absolute Gasteiger partial charge is 0.340 e. The minimum absolute atomic E-state index is 0.214. The van der Waals surface area contributed by atoms with Crippen LogP contribution in [-0.2, 0) is 4.74 Å². The summed E-state index contributed by atoms with van der Waals surface area (Å²) in [6.07, 6.45) is 1.47. The van der Waals surface area contributed by atoms with Gasteiger partial charge in [-0.05, 0) is 17.4 Å². The lowest BCUT2D eigenvalue weighted by atomic mass is 9.82. The summed E-state index contributed by atoms with van der Waals surface area (Å²) in [6.45, 7) is 9.52. The average Bonchev–Trinajstić information content (AvgIpc) is 2.35. The van der Waals surface area contributed by atoms with Gasteiger partial charge in [0.15, 0.2) is 0 Å². The van der Waals surface area contributed by atoms with E-state index in [0.29, 0.717) is 23.0 Å². The maximum atomic E-state index is 11.5. The number of esters is 1. The molecular formula is C14H23N3O2. The molecule has 0 aromatic carbocycles. The lowest BCUT2D eigenvalue weighted by Crippen LogP contribution is -2.25. The summed E-state index contributed by atoms with van der Waals surface area (Å²) in [6, 6.07) is 1.62. The third-order valence-corrected chi connectivity index (χ3v) is 3.41. The van der Waals surface area contributed by atoms with Crippen molar-refractivity contribution in [3.05, 3.63) is 17.8 Å². The van der Waals surface area contributed by atoms with Gasteiger partial charge in [-0.2, -0.15) is 0 Å². The van der Waals surface area contributed by atoms with Crippen molar-refractivity contribution < 1.29 is 9.53 Å². The highest BCUT2D eigenvalue weighted by Gasteiger charge is 2.20. The van der Waals surface area contributed by atoms with Crippen molar-refractivity contribution in [1.29, 1.82) is 0 Å². The first kappa shape index (κ1) is 15.3. The Morgan fingerprint density at radius 1 is 1.53 bits per heavy atom. The van der Waals surface area contributed by atoms with Gasteiger partial charge in [0.2, 0.25) is 0 Å². The van der Waals surface area contributed by atoms with Crippen LogP contribution in [0.15, 0.2) is 12.3 Å². The molecule has 0 saturated carbocycles. The number of nitrogen functional groups attached to an aromatic ring is 1. The molecule has 0 aliphatic heterocycles. The van der Waals surface area contributed by atoms with E-state index in [-0.39, 0.29) is 5.41 Å². The molecular weight excluding hydrogens is 242 g/mol. The Bertz CT molecular complexity index is 452. The second kappa shape index (κ2) is 5.91. The van der Waals surface area contributed by atoms with Gasteiger partial charge in [0, 0.05) is 6.54 Å². The van der Waals surface area contributed by atoms with Gasteiger partial charge < -0.3 is 15.8 Å². The van der Waals surface area contributed by atoms with Crippen LogP contribution in [0.3, 0.4) is 0 Å². The third kappa shape index (κ3) is 4.12. The van der Waals surface area contributed by atoms with Crippen molar-refractivity contribution in [3.63, 3.8) is 0 Å². The van der Waals surface area contributed by atoms with Crippen LogP contribution in [0.5, 0.6) is 0 Å². The highest BCUT2D eigenvalue weighted by molar-refractivity contribution is 5.95. The lowest BCUT2D eigenvalue weighted by molar-refractivity contribution is 0.0602. The van der Waals surface area contributed by atoms with Gasteiger partial charge in [-0.25, -0.2) is 9.78 Å². The monoisotopic (exact) mass is 265 g/mol. The fourth-order valence-corrected chi connectivity index (χ4v) is 1.41. The summed E-state index contributed by atoms with van der Waals surface area (Å²) in [7, 11) is 1.33. The summed E-state index contributed by atoms with van der Waals surface area (Å²) in [4.78, 5) is 15.7. The number of anilines is 2. The molecule has 1 rings (SSSR count). The van der Waals surface area contributed by atoms with E-state index in [9.17, 15) is 4.79 Å². The van der Waals surface area contributed by atoms with Crippen LogP contribution in [0.4, 0.5) is 11.5 Å². The van der Waals surface area contributed by atoms with Gasteiger partial charge in [0.1, 0.15) is 5.82 Å². The Kier molecular flexibility index (Phi) is 4.75. The van der Waals surface area contributed by atoms with E-state index >= 15 is 0 Å². The number of nitrogens with zero attached hydrogens (tertiary/aromatic N) is 1. The molecule has 0 aliphatic rings. The molecule has 5 nitrogen and oxygen atoms in total. The third-order valence-electron chi connectivity index (χ3n) is 3.41. The number of methoxy groups -OCH3 is 1. The zero-order valence-corrected chi connectivity index (χ0v) is 12.3. The number of carbonyl (C=O) groups is 1. The summed E-state index contributed by atoms with van der Waals surface area (Å²) < 4.78 is 4.68. The normalized spacial score (nSPS) is 12.9. The first-order chi connectivity index (χ1) is 8.75. The van der Waals surface area contributed by atoms with E-state index in [1.165, 1.54) is 13.3 Å². The predicted molar refractivity (Wildman–Crippen MR) is 77.1 cm³/mol. The van der Waals surface area contributed by atoms with E-state index in [1.54, 1.807) is 6.07 Å². The van der Waals surface area contributed by atoms with E-state index in [0.717, 1.165) is 6.54 Å². The molecule has 0 amide bonds. The number of pyridine rings is 1. The van der Waals surface area contributed by atoms with Gasteiger partial charge in [-0.1, -0.05) is 27.7 Å². The molecule has 1 aromatic rings. The number of rotatable bonds is 4. The second-order valence-corrected chi connectivity index (χ2v) is 5.80. The molecule has 0 fully saturated rings. The summed E-state index contributed by atoms with van der Waals surface area (Å²) in [5.74, 6) is 0.644. The Morgan fingerprint density at radius 3 is 2.68 bits per heavy atom. The standard InChI is InChI=1S/C14H23N3O2/c1-9(14(2,3)4)7-16-12-6-10(13(18)19-5)11(15)8-17-12/h6,8-9H,7,15H2,1-5H3,(H,16,17). The minimum Gasteiger partial charge on any atom is -0.465 e. The van der Waals surface area contributed by atoms with Gasteiger partial charge in [-0.3, -0.25) is 0 Å². The van der Waals surface area contributed by atoms with Gasteiger partial charge >= 0.3 is 5.97 Å². The minimum atomic E-state index is -0.452. The average molecular weight is 265 g/mol. The summed E-state index contributed by atoms with van der Waals surface area (Å²) in [5, 5.41) is 3.22. The maximum absolute atomic E-state index is 11.5. The number of ether oxygens (including phenoxy) is 1. The molecule has 19 heavy (non-hydrogen) atoms. The molecule has 1 heterocycles. The van der Waals surface area contributed by atoms with Crippen LogP contribution in [-0.4, -0.2) is 24.6 Å². The zero-order chi connectivity index (χ0) is 14.6. The highest BCUT2D eigenvalue weighted by Crippen LogP contribution is 2.25. The largest absolute Gasteiger partial charge is 0.465 e. The molecule has 106 valence electrons. The van der Waals surface area contributed by atoms with Crippen molar-refractivity contribution in [2.45, 2.75) is 27.7 Å². The number of aromatic nitrogens is 1. The van der Waals surface area contributed by atoms with E-state index in [1.807, 2.05) is 0 Å². The first-order valence-corrected chi connectivity index (χ1v) is 6.33. The number of nitrogens with one attached hydrogen (secondary N) is 1. The number of carbonyl (C=O) groups excluding carboxylic acids is 1. The maximum Gasteiger partial charge on any atom is 0.340 e. The molecule has 1 atom stereocenters. The van der Waals surface area contributed by atoms with Crippen LogP contribution in [0.1, 0.15) is 38.1 Å². The van der Waals surface area contributed by atoms with E-state index in [2.05, 4.69) is 42.7 Å². The lowest BCUT2D eigenvalue weighted by Gasteiger charge is -2.27. The fraction of sp³-hybridized carbons (Fsp3) is 0.571. The van der Waals surface area contributed by atoms with E-state index < -0.39 is 5.97 Å². The van der Waals surface area contributed by atoms with Crippen molar-refractivity contribution >= 4 is 17.5 Å². The van der Waals surface area contributed by atoms with Crippen LogP contribution >= 0.6 is 0 Å². The molecule has 3 N–H and O–H groups in total. The summed E-state index contributed by atoms with van der Waals surface area (Å²) >= 11 is 0. The number of hydrogen-bond acceptors (Lipinski definition) is 5. The molecule has 1 unspecified atom stereocenters. The predicted octanol–water partition coefficient (Wildman–Crippen LogP) is 2.54. The van der Waals surface area contributed by atoms with Crippen LogP contribution < -0.4 is 11.1 Å². The van der Waals surface area contributed by atoms with Crippen LogP contribution in [0, 0.1) is 11.3 Å². The van der Waals surface area contributed by atoms with Crippen LogP contribution in [0.25, 0.3) is 0 Å². The van der Waals surface area contributed by atoms with Crippen molar-refractivity contribution in [3.8, 4) is 0 Å². The van der Waals surface area contributed by atoms with Crippen LogP contribution in [0.2, 0.25) is 0 Å². The Balaban J connectivity index is 2.78. The molecule has 5 heteroatoms. The zero-order valence-electron chi connectivity index (χ0n) is 12.3. The van der Waals surface area contributed by atoms with Gasteiger partial charge in [0.25, 0.3) is 0 Å². The molecule has 0 aliphatic carbocycles. The van der Waals surface area contributed by atoms with Crippen molar-refractivity contribution in [2.75, 3.05) is 24.7 Å². The fourth-order valence-electron chi connectivity index (χ4n) is 1.41. The van der Waals surface area contributed by atoms with E-state index in [4.69, 9.17) is 5.73 Å². The SMILES string of the molecule is COC(=O)c1cc(NCC(C)C(C)(C)C)ncc1N. The van der Waals surface area contributed by atoms with Gasteiger partial charge in [0.05, 0.1) is 24.6 Å². The second-order valence-electron chi connectivity index (χ2n) is 5.80. The number of nitrogens with two attached hydrogens (primary N) is 1. The Hall–Kier alpha value is -1.78. The summed E-state index contributed by atoms with van der Waals surface area (Å²) in [5.41, 5.74) is 6.57. The Labute approximate surface area is 114 Å². The molecule has 0 saturated heterocycles. The number of hydrogen-bond donors (Lipinski definition) is 2. The van der Waals surface area contributed by atoms with Crippen molar-refractivity contribution in [1.82, 2.24) is 4.98 Å². The van der Waals surface area contributed by atoms with Gasteiger partial charge in [-0.15, -0.1) is 0 Å².